The van der Waals surface area contributed by atoms with Crippen molar-refractivity contribution in [3.63, 3.8) is 0 Å². The summed E-state index contributed by atoms with van der Waals surface area (Å²) in [5.41, 5.74) is -2.32. The molecule has 1 rings (SSSR count). The van der Waals surface area contributed by atoms with Gasteiger partial charge < -0.3 is 4.74 Å². The van der Waals surface area contributed by atoms with Crippen LogP contribution in [0.2, 0.25) is 5.02 Å². The molecule has 0 aliphatic carbocycles. The Labute approximate surface area is 99.4 Å². The predicted molar refractivity (Wildman–Crippen MR) is 52.5 cm³/mol. The van der Waals surface area contributed by atoms with Gasteiger partial charge in [-0.25, -0.2) is 4.79 Å². The van der Waals surface area contributed by atoms with E-state index in [9.17, 15) is 18.0 Å². The first-order chi connectivity index (χ1) is 7.81. The van der Waals surface area contributed by atoms with E-state index in [0.717, 1.165) is 13.2 Å². The van der Waals surface area contributed by atoms with E-state index in [1.54, 1.807) is 0 Å². The lowest BCUT2D eigenvalue weighted by molar-refractivity contribution is -0.138. The van der Waals surface area contributed by atoms with Gasteiger partial charge in [-0.15, -0.1) is 0 Å². The van der Waals surface area contributed by atoms with E-state index in [1.165, 1.54) is 6.07 Å². The molecule has 0 heterocycles. The molecular formula is C10H5ClF3NO2. The Morgan fingerprint density at radius 2 is 2.06 bits per heavy atom. The topological polar surface area (TPSA) is 50.1 Å². The maximum atomic E-state index is 12.6. The molecule has 0 unspecified atom stereocenters. The Hall–Kier alpha value is -1.74. The van der Waals surface area contributed by atoms with Gasteiger partial charge >= 0.3 is 12.1 Å². The van der Waals surface area contributed by atoms with Crippen LogP contribution in [0.25, 0.3) is 0 Å². The minimum absolute atomic E-state index is 0.235. The lowest BCUT2D eigenvalue weighted by Gasteiger charge is -2.12. The number of methoxy groups -OCH3 is 1. The number of nitriles is 1. The minimum atomic E-state index is -4.76. The van der Waals surface area contributed by atoms with Crippen LogP contribution in [0.3, 0.4) is 0 Å². The highest BCUT2D eigenvalue weighted by atomic mass is 35.5. The maximum absolute atomic E-state index is 12.6. The zero-order valence-corrected chi connectivity index (χ0v) is 9.19. The van der Waals surface area contributed by atoms with Crippen LogP contribution in [0.1, 0.15) is 21.5 Å². The van der Waals surface area contributed by atoms with Gasteiger partial charge in [0.1, 0.15) is 6.07 Å². The highest BCUT2D eigenvalue weighted by molar-refractivity contribution is 6.32. The summed E-state index contributed by atoms with van der Waals surface area (Å²) in [5, 5.41) is 8.34. The quantitative estimate of drug-likeness (QED) is 0.732. The number of hydrogen-bond donors (Lipinski definition) is 0. The lowest BCUT2D eigenvalue weighted by atomic mass is 10.0. The van der Waals surface area contributed by atoms with Crippen molar-refractivity contribution in [3.8, 4) is 6.07 Å². The molecule has 0 spiro atoms. The van der Waals surface area contributed by atoms with Gasteiger partial charge in [-0.05, 0) is 12.1 Å². The summed E-state index contributed by atoms with van der Waals surface area (Å²) in [6.07, 6.45) is -4.76. The molecule has 0 atom stereocenters. The minimum Gasteiger partial charge on any atom is -0.465 e. The van der Waals surface area contributed by atoms with Gasteiger partial charge in [-0.3, -0.25) is 0 Å². The smallest absolute Gasteiger partial charge is 0.417 e. The van der Waals surface area contributed by atoms with E-state index in [2.05, 4.69) is 4.74 Å². The van der Waals surface area contributed by atoms with Crippen LogP contribution in [-0.4, -0.2) is 13.1 Å². The fraction of sp³-hybridized carbons (Fsp3) is 0.200. The van der Waals surface area contributed by atoms with E-state index in [-0.39, 0.29) is 10.6 Å². The molecule has 0 aliphatic rings. The molecule has 0 amide bonds. The van der Waals surface area contributed by atoms with Gasteiger partial charge in [-0.1, -0.05) is 11.6 Å². The standard InChI is InChI=1S/C10H5ClF3NO2/c1-17-9(16)6-3-8(11)5(4-15)2-7(6)10(12,13)14/h2-3H,1H3. The van der Waals surface area contributed by atoms with Crippen molar-refractivity contribution in [3.05, 3.63) is 33.8 Å². The van der Waals surface area contributed by atoms with Crippen molar-refractivity contribution < 1.29 is 22.7 Å². The third-order valence-corrected chi connectivity index (χ3v) is 2.25. The molecule has 0 radical (unpaired) electrons. The molecule has 0 saturated heterocycles. The van der Waals surface area contributed by atoms with Gasteiger partial charge in [0.15, 0.2) is 0 Å². The van der Waals surface area contributed by atoms with Crippen molar-refractivity contribution in [2.24, 2.45) is 0 Å². The summed E-state index contributed by atoms with van der Waals surface area (Å²) in [7, 11) is 0.953. The van der Waals surface area contributed by atoms with Crippen molar-refractivity contribution in [2.75, 3.05) is 7.11 Å². The second-order valence-corrected chi connectivity index (χ2v) is 3.39. The summed E-state index contributed by atoms with van der Waals surface area (Å²) in [4.78, 5) is 11.2. The van der Waals surface area contributed by atoms with E-state index < -0.39 is 23.3 Å². The molecule has 0 aliphatic heterocycles. The maximum Gasteiger partial charge on any atom is 0.417 e. The van der Waals surface area contributed by atoms with Crippen LogP contribution < -0.4 is 0 Å². The molecule has 17 heavy (non-hydrogen) atoms. The monoisotopic (exact) mass is 263 g/mol. The number of rotatable bonds is 1. The van der Waals surface area contributed by atoms with Crippen LogP contribution in [-0.2, 0) is 10.9 Å². The molecule has 0 N–H and O–H groups in total. The zero-order chi connectivity index (χ0) is 13.2. The molecule has 1 aromatic carbocycles. The SMILES string of the molecule is COC(=O)c1cc(Cl)c(C#N)cc1C(F)(F)F. The Morgan fingerprint density at radius 1 is 1.47 bits per heavy atom. The van der Waals surface area contributed by atoms with Crippen molar-refractivity contribution in [2.45, 2.75) is 6.18 Å². The first-order valence-electron chi connectivity index (χ1n) is 4.20. The highest BCUT2D eigenvalue weighted by Gasteiger charge is 2.36. The zero-order valence-electron chi connectivity index (χ0n) is 8.43. The second-order valence-electron chi connectivity index (χ2n) is 2.98. The normalized spacial score (nSPS) is 10.8. The summed E-state index contributed by atoms with van der Waals surface area (Å²) >= 11 is 5.56. The fourth-order valence-electron chi connectivity index (χ4n) is 1.17. The molecule has 90 valence electrons. The highest BCUT2D eigenvalue weighted by Crippen LogP contribution is 2.35. The number of ether oxygens (including phenoxy) is 1. The number of benzene rings is 1. The number of alkyl halides is 3. The lowest BCUT2D eigenvalue weighted by Crippen LogP contribution is -2.14. The molecule has 7 heteroatoms. The number of hydrogen-bond acceptors (Lipinski definition) is 3. The average molecular weight is 264 g/mol. The number of nitrogens with zero attached hydrogens (tertiary/aromatic N) is 1. The van der Waals surface area contributed by atoms with E-state index in [1.807, 2.05) is 0 Å². The molecule has 0 bridgehead atoms. The van der Waals surface area contributed by atoms with Gasteiger partial charge in [0.2, 0.25) is 0 Å². The molecule has 0 aromatic heterocycles. The van der Waals surface area contributed by atoms with Crippen LogP contribution in [0.15, 0.2) is 12.1 Å². The van der Waals surface area contributed by atoms with Crippen LogP contribution >= 0.6 is 11.6 Å². The first kappa shape index (κ1) is 13.3. The third-order valence-electron chi connectivity index (χ3n) is 1.94. The molecule has 0 fully saturated rings. The number of esters is 1. The van der Waals surface area contributed by atoms with Crippen molar-refractivity contribution in [1.82, 2.24) is 0 Å². The van der Waals surface area contributed by atoms with Gasteiger partial charge in [0.25, 0.3) is 0 Å². The van der Waals surface area contributed by atoms with Gasteiger partial charge in [0.05, 0.1) is 28.8 Å². The third kappa shape index (κ3) is 2.68. The second kappa shape index (κ2) is 4.63. The van der Waals surface area contributed by atoms with Crippen LogP contribution in [0, 0.1) is 11.3 Å². The Balaban J connectivity index is 3.54. The van der Waals surface area contributed by atoms with E-state index >= 15 is 0 Å². The summed E-state index contributed by atoms with van der Waals surface area (Å²) in [6.45, 7) is 0. The van der Waals surface area contributed by atoms with Gasteiger partial charge in [-0.2, -0.15) is 18.4 Å². The number of halogens is 4. The summed E-state index contributed by atoms with van der Waals surface area (Å²) in [5.74, 6) is -1.16. The van der Waals surface area contributed by atoms with Crippen molar-refractivity contribution >= 4 is 17.6 Å². The molecule has 1 aromatic rings. The van der Waals surface area contributed by atoms with E-state index in [4.69, 9.17) is 16.9 Å². The largest absolute Gasteiger partial charge is 0.465 e. The number of carbonyl (C=O) groups is 1. The fourth-order valence-corrected chi connectivity index (χ4v) is 1.38. The van der Waals surface area contributed by atoms with E-state index in [0.29, 0.717) is 6.07 Å². The number of carbonyl (C=O) groups excluding carboxylic acids is 1. The Kier molecular flexibility index (Phi) is 3.63. The van der Waals surface area contributed by atoms with Crippen LogP contribution in [0.4, 0.5) is 13.2 Å². The van der Waals surface area contributed by atoms with Gasteiger partial charge in [0, 0.05) is 0 Å². The predicted octanol–water partition coefficient (Wildman–Crippen LogP) is 3.02. The Morgan fingerprint density at radius 3 is 2.47 bits per heavy atom. The molecular weight excluding hydrogens is 259 g/mol. The van der Waals surface area contributed by atoms with Crippen LogP contribution in [0.5, 0.6) is 0 Å². The molecule has 3 nitrogen and oxygen atoms in total. The van der Waals surface area contributed by atoms with Crippen molar-refractivity contribution in [1.29, 1.82) is 5.26 Å². The summed E-state index contributed by atoms with van der Waals surface area (Å²) in [6, 6.07) is 2.80. The Bertz CT molecular complexity index is 505. The molecule has 0 saturated carbocycles. The average Bonchev–Trinajstić information content (AvgIpc) is 2.26. The summed E-state index contributed by atoms with van der Waals surface area (Å²) < 4.78 is 42.1. The first-order valence-corrected chi connectivity index (χ1v) is 4.58.